The Balaban J connectivity index is 4.16. The summed E-state index contributed by atoms with van der Waals surface area (Å²) in [7, 11) is 0. The molecule has 0 aliphatic rings. The molecule has 14 heavy (non-hydrogen) atoms. The molecule has 0 rings (SSSR count). The normalized spacial score (nSPS) is 12.1. The predicted molar refractivity (Wildman–Crippen MR) is 54.7 cm³/mol. The number of alkyl halides is 3. The number of nitrogens with one attached hydrogen (secondary N) is 1. The largest absolute Gasteiger partial charge is 0.444 e. The van der Waals surface area contributed by atoms with E-state index in [-0.39, 0.29) is 0 Å². The molecule has 0 aromatic carbocycles. The van der Waals surface area contributed by atoms with E-state index in [1.54, 1.807) is 26.1 Å². The lowest BCUT2D eigenvalue weighted by Gasteiger charge is -2.20. The Morgan fingerprint density at radius 3 is 1.86 bits per heavy atom. The van der Waals surface area contributed by atoms with Crippen LogP contribution in [0.2, 0.25) is 0 Å². The monoisotopic (exact) mass is 261 g/mol. The number of ether oxygens (including phenoxy) is 1. The molecule has 0 heterocycles. The standard InChI is InChI=1S/C7H10Cl3NO3/c1-6(2,3)14-5(13)11-4(12)7(8,9)10/h1-3H3,(H,11,12,13). The van der Waals surface area contributed by atoms with E-state index in [9.17, 15) is 9.59 Å². The summed E-state index contributed by atoms with van der Waals surface area (Å²) in [6, 6.07) is 0. The van der Waals surface area contributed by atoms with E-state index in [2.05, 4.69) is 0 Å². The van der Waals surface area contributed by atoms with Crippen molar-refractivity contribution in [3.8, 4) is 0 Å². The average molecular weight is 263 g/mol. The number of rotatable bonds is 0. The zero-order valence-corrected chi connectivity index (χ0v) is 10.1. The first-order valence-electron chi connectivity index (χ1n) is 3.63. The number of carbonyl (C=O) groups excluding carboxylic acids is 2. The lowest BCUT2D eigenvalue weighted by Crippen LogP contribution is -2.41. The fourth-order valence-corrected chi connectivity index (χ4v) is 0.609. The molecule has 2 amide bonds. The lowest BCUT2D eigenvalue weighted by atomic mass is 10.2. The van der Waals surface area contributed by atoms with Crippen LogP contribution < -0.4 is 5.32 Å². The van der Waals surface area contributed by atoms with Crippen LogP contribution >= 0.6 is 34.8 Å². The van der Waals surface area contributed by atoms with Crippen LogP contribution in [0.1, 0.15) is 20.8 Å². The summed E-state index contributed by atoms with van der Waals surface area (Å²) in [5, 5.41) is 1.78. The van der Waals surface area contributed by atoms with Gasteiger partial charge in [0.2, 0.25) is 0 Å². The van der Waals surface area contributed by atoms with Crippen LogP contribution in [0.5, 0.6) is 0 Å². The first kappa shape index (κ1) is 13.8. The minimum Gasteiger partial charge on any atom is -0.444 e. The Hall–Kier alpha value is -0.190. The zero-order chi connectivity index (χ0) is 11.6. The van der Waals surface area contributed by atoms with Crippen molar-refractivity contribution in [2.75, 3.05) is 0 Å². The number of halogens is 3. The van der Waals surface area contributed by atoms with Gasteiger partial charge in [-0.15, -0.1) is 0 Å². The van der Waals surface area contributed by atoms with Gasteiger partial charge in [0.15, 0.2) is 0 Å². The highest BCUT2D eigenvalue weighted by molar-refractivity contribution is 6.76. The van der Waals surface area contributed by atoms with Gasteiger partial charge in [-0.1, -0.05) is 34.8 Å². The van der Waals surface area contributed by atoms with Crippen LogP contribution in [0, 0.1) is 0 Å². The van der Waals surface area contributed by atoms with E-state index in [4.69, 9.17) is 39.5 Å². The maximum absolute atomic E-state index is 11.0. The number of hydrogen-bond donors (Lipinski definition) is 1. The number of hydrogen-bond acceptors (Lipinski definition) is 3. The summed E-state index contributed by atoms with van der Waals surface area (Å²) in [5.74, 6) is -1.04. The fourth-order valence-electron chi connectivity index (χ4n) is 0.467. The quantitative estimate of drug-likeness (QED) is 0.682. The summed E-state index contributed by atoms with van der Waals surface area (Å²) < 4.78 is 2.59. The van der Waals surface area contributed by atoms with Gasteiger partial charge in [0.05, 0.1) is 0 Å². The Bertz CT molecular complexity index is 242. The molecule has 0 aliphatic carbocycles. The fraction of sp³-hybridized carbons (Fsp3) is 0.714. The third-order valence-corrected chi connectivity index (χ3v) is 1.39. The van der Waals surface area contributed by atoms with E-state index in [1.165, 1.54) is 0 Å². The average Bonchev–Trinajstić information content (AvgIpc) is 1.79. The highest BCUT2D eigenvalue weighted by Crippen LogP contribution is 2.25. The molecular weight excluding hydrogens is 252 g/mol. The van der Waals surface area contributed by atoms with Gasteiger partial charge in [-0.3, -0.25) is 10.1 Å². The van der Waals surface area contributed by atoms with Crippen LogP contribution in [0.15, 0.2) is 0 Å². The molecule has 1 N–H and O–H groups in total. The molecule has 0 saturated carbocycles. The van der Waals surface area contributed by atoms with Crippen LogP contribution in [-0.4, -0.2) is 21.4 Å². The third-order valence-electron chi connectivity index (χ3n) is 0.872. The first-order chi connectivity index (χ1) is 6.02. The van der Waals surface area contributed by atoms with Crippen molar-refractivity contribution in [1.29, 1.82) is 0 Å². The van der Waals surface area contributed by atoms with Gasteiger partial charge in [-0.2, -0.15) is 0 Å². The molecule has 0 spiro atoms. The molecule has 0 aromatic rings. The summed E-state index contributed by atoms with van der Waals surface area (Å²) in [6.45, 7) is 4.94. The van der Waals surface area contributed by atoms with Crippen molar-refractivity contribution in [2.45, 2.75) is 30.2 Å². The number of imide groups is 1. The Labute approximate surface area is 96.8 Å². The molecule has 0 atom stereocenters. The van der Waals surface area contributed by atoms with Crippen LogP contribution in [0.3, 0.4) is 0 Å². The number of amides is 2. The van der Waals surface area contributed by atoms with Crippen molar-refractivity contribution in [1.82, 2.24) is 5.32 Å². The summed E-state index contributed by atoms with van der Waals surface area (Å²) >= 11 is 15.6. The molecule has 0 unspecified atom stereocenters. The minimum absolute atomic E-state index is 0.710. The Morgan fingerprint density at radius 1 is 1.14 bits per heavy atom. The molecule has 4 nitrogen and oxygen atoms in total. The molecule has 0 aromatic heterocycles. The maximum atomic E-state index is 11.0. The van der Waals surface area contributed by atoms with Gasteiger partial charge in [-0.05, 0) is 20.8 Å². The second-order valence-electron chi connectivity index (χ2n) is 3.45. The van der Waals surface area contributed by atoms with Crippen molar-refractivity contribution in [2.24, 2.45) is 0 Å². The van der Waals surface area contributed by atoms with E-state index in [0.29, 0.717) is 0 Å². The molecule has 0 radical (unpaired) electrons. The third kappa shape index (κ3) is 6.29. The van der Waals surface area contributed by atoms with E-state index < -0.39 is 21.4 Å². The smallest absolute Gasteiger partial charge is 0.414 e. The number of alkyl carbamates (subject to hydrolysis) is 1. The molecular formula is C7H10Cl3NO3. The SMILES string of the molecule is CC(C)(C)OC(=O)NC(=O)C(Cl)(Cl)Cl. The van der Waals surface area contributed by atoms with Crippen molar-refractivity contribution >= 4 is 46.8 Å². The highest BCUT2D eigenvalue weighted by Gasteiger charge is 2.33. The predicted octanol–water partition coefficient (Wildman–Crippen LogP) is 2.41. The maximum Gasteiger partial charge on any atom is 0.414 e. The van der Waals surface area contributed by atoms with E-state index >= 15 is 0 Å². The van der Waals surface area contributed by atoms with Crippen molar-refractivity contribution < 1.29 is 14.3 Å². The molecule has 0 bridgehead atoms. The van der Waals surface area contributed by atoms with Crippen molar-refractivity contribution in [3.63, 3.8) is 0 Å². The van der Waals surface area contributed by atoms with Crippen LogP contribution in [0.4, 0.5) is 4.79 Å². The molecule has 0 saturated heterocycles. The van der Waals surface area contributed by atoms with Gasteiger partial charge in [0.25, 0.3) is 9.70 Å². The second-order valence-corrected chi connectivity index (χ2v) is 5.74. The van der Waals surface area contributed by atoms with E-state index in [0.717, 1.165) is 0 Å². The highest BCUT2D eigenvalue weighted by atomic mass is 35.6. The van der Waals surface area contributed by atoms with Crippen LogP contribution in [0.25, 0.3) is 0 Å². The molecule has 82 valence electrons. The topological polar surface area (TPSA) is 55.4 Å². The summed E-state index contributed by atoms with van der Waals surface area (Å²) in [6.07, 6.45) is -0.950. The molecule has 7 heteroatoms. The van der Waals surface area contributed by atoms with Gasteiger partial charge < -0.3 is 4.74 Å². The van der Waals surface area contributed by atoms with Gasteiger partial charge in [0, 0.05) is 0 Å². The van der Waals surface area contributed by atoms with Gasteiger partial charge in [0.1, 0.15) is 5.60 Å². The zero-order valence-electron chi connectivity index (χ0n) is 7.86. The lowest BCUT2D eigenvalue weighted by molar-refractivity contribution is -0.119. The minimum atomic E-state index is -2.17. The van der Waals surface area contributed by atoms with Crippen molar-refractivity contribution in [3.05, 3.63) is 0 Å². The van der Waals surface area contributed by atoms with Gasteiger partial charge in [-0.25, -0.2) is 4.79 Å². The van der Waals surface area contributed by atoms with E-state index in [1.807, 2.05) is 0 Å². The Morgan fingerprint density at radius 2 is 1.57 bits per heavy atom. The Kier molecular flexibility index (Phi) is 4.49. The first-order valence-corrected chi connectivity index (χ1v) is 4.77. The van der Waals surface area contributed by atoms with Gasteiger partial charge >= 0.3 is 6.09 Å². The summed E-state index contributed by atoms with van der Waals surface area (Å²) in [5.41, 5.74) is -0.710. The summed E-state index contributed by atoms with van der Waals surface area (Å²) in [4.78, 5) is 21.9. The number of carbonyl (C=O) groups is 2. The second kappa shape index (κ2) is 4.55. The molecule has 0 aliphatic heterocycles. The molecule has 0 fully saturated rings. The van der Waals surface area contributed by atoms with Crippen LogP contribution in [-0.2, 0) is 9.53 Å².